The third-order valence-corrected chi connectivity index (χ3v) is 11.4. The molecule has 0 radical (unpaired) electrons. The topological polar surface area (TPSA) is 77.2 Å². The van der Waals surface area contributed by atoms with E-state index in [2.05, 4.69) is 17.0 Å². The van der Waals surface area contributed by atoms with Gasteiger partial charge in [-0.25, -0.2) is 0 Å². The van der Waals surface area contributed by atoms with E-state index in [0.29, 0.717) is 30.1 Å². The normalized spacial score (nSPS) is 46.9. The Morgan fingerprint density at radius 1 is 1.12 bits per heavy atom. The van der Waals surface area contributed by atoms with Crippen molar-refractivity contribution >= 4 is 16.7 Å². The van der Waals surface area contributed by atoms with E-state index in [-0.39, 0.29) is 17.4 Å². The Kier molecular flexibility index (Phi) is 4.65. The lowest BCUT2D eigenvalue weighted by molar-refractivity contribution is -0.131. The summed E-state index contributed by atoms with van der Waals surface area (Å²) in [5, 5.41) is 16.7. The van der Waals surface area contributed by atoms with Gasteiger partial charge in [0.15, 0.2) is 5.78 Å². The SMILES string of the molecule is COC1C2[C@@H]3CC[C@@H]4[C@H](CC[C@]5(C)[C@@H](C(=O)Cn6cc7ccncc7n6)CC[C@@H]45)[C@H]3CC[C@]12O. The molecule has 2 aromatic rings. The summed E-state index contributed by atoms with van der Waals surface area (Å²) in [6.45, 7) is 2.81. The minimum absolute atomic E-state index is 0.0658. The van der Waals surface area contributed by atoms with E-state index in [1.807, 2.05) is 16.9 Å². The molecule has 6 heteroatoms. The first-order valence-electron chi connectivity index (χ1n) is 13.5. The fourth-order valence-corrected chi connectivity index (χ4v) is 9.92. The highest BCUT2D eigenvalue weighted by atomic mass is 16.5. The summed E-state index contributed by atoms with van der Waals surface area (Å²) in [7, 11) is 1.77. The summed E-state index contributed by atoms with van der Waals surface area (Å²) < 4.78 is 7.52. The van der Waals surface area contributed by atoms with Crippen LogP contribution >= 0.6 is 0 Å². The van der Waals surface area contributed by atoms with Crippen LogP contribution in [0.5, 0.6) is 0 Å². The molecule has 0 bridgehead atoms. The van der Waals surface area contributed by atoms with Crippen molar-refractivity contribution in [3.05, 3.63) is 24.7 Å². The number of ether oxygens (including phenoxy) is 1. The monoisotopic (exact) mass is 463 g/mol. The Labute approximate surface area is 201 Å². The number of fused-ring (bicyclic) bond motifs is 8. The molecule has 2 heterocycles. The van der Waals surface area contributed by atoms with Crippen LogP contribution < -0.4 is 0 Å². The second-order valence-electron chi connectivity index (χ2n) is 12.5. The van der Waals surface area contributed by atoms with Gasteiger partial charge >= 0.3 is 0 Å². The van der Waals surface area contributed by atoms with Crippen LogP contribution in [0.25, 0.3) is 10.9 Å². The van der Waals surface area contributed by atoms with Crippen molar-refractivity contribution in [1.82, 2.24) is 14.8 Å². The number of aromatic nitrogens is 3. The lowest BCUT2D eigenvalue weighted by Gasteiger charge is -2.55. The van der Waals surface area contributed by atoms with Gasteiger partial charge in [-0.3, -0.25) is 14.5 Å². The predicted octanol–water partition coefficient (Wildman–Crippen LogP) is 4.26. The fraction of sp³-hybridized carbons (Fsp3) is 0.750. The first-order chi connectivity index (χ1) is 16.4. The Morgan fingerprint density at radius 2 is 1.91 bits per heavy atom. The van der Waals surface area contributed by atoms with E-state index in [0.717, 1.165) is 47.9 Å². The Hall–Kier alpha value is -1.79. The highest BCUT2D eigenvalue weighted by Crippen LogP contribution is 2.69. The van der Waals surface area contributed by atoms with Gasteiger partial charge in [0.05, 0.1) is 24.4 Å². The number of carbonyl (C=O) groups excluding carboxylic acids is 1. The number of ketones is 1. The molecule has 5 aliphatic rings. The van der Waals surface area contributed by atoms with Crippen LogP contribution in [0, 0.1) is 46.8 Å². The highest BCUT2D eigenvalue weighted by molar-refractivity contribution is 5.83. The van der Waals surface area contributed by atoms with Crippen LogP contribution in [-0.2, 0) is 16.1 Å². The smallest absolute Gasteiger partial charge is 0.157 e. The fourth-order valence-electron chi connectivity index (χ4n) is 9.92. The number of Topliss-reactive ketones (excluding diaryl/α,β-unsaturated/α-hetero) is 1. The minimum Gasteiger partial charge on any atom is -0.387 e. The van der Waals surface area contributed by atoms with E-state index in [1.165, 1.54) is 32.1 Å². The molecular weight excluding hydrogens is 426 g/mol. The molecule has 5 aliphatic carbocycles. The molecule has 0 saturated heterocycles. The Morgan fingerprint density at radius 3 is 2.74 bits per heavy atom. The lowest BCUT2D eigenvalue weighted by atomic mass is 9.49. The zero-order valence-electron chi connectivity index (χ0n) is 20.4. The van der Waals surface area contributed by atoms with Gasteiger partial charge in [-0.15, -0.1) is 0 Å². The first-order valence-corrected chi connectivity index (χ1v) is 13.5. The van der Waals surface area contributed by atoms with Crippen molar-refractivity contribution in [1.29, 1.82) is 0 Å². The molecule has 2 aromatic heterocycles. The summed E-state index contributed by atoms with van der Waals surface area (Å²) in [5.41, 5.74) is 0.446. The predicted molar refractivity (Wildman–Crippen MR) is 128 cm³/mol. The zero-order valence-corrected chi connectivity index (χ0v) is 20.4. The summed E-state index contributed by atoms with van der Waals surface area (Å²) >= 11 is 0. The first kappa shape index (κ1) is 21.5. The number of carbonyl (C=O) groups is 1. The number of hydrogen-bond acceptors (Lipinski definition) is 5. The van der Waals surface area contributed by atoms with Crippen LogP contribution in [0.4, 0.5) is 0 Å². The third-order valence-electron chi connectivity index (χ3n) is 11.4. The van der Waals surface area contributed by atoms with E-state index >= 15 is 0 Å². The summed E-state index contributed by atoms with van der Waals surface area (Å²) in [6.07, 6.45) is 14.8. The number of nitrogens with zero attached hydrogens (tertiary/aromatic N) is 3. The van der Waals surface area contributed by atoms with Crippen LogP contribution in [-0.4, -0.2) is 44.5 Å². The van der Waals surface area contributed by atoms with Crippen LogP contribution in [0.2, 0.25) is 0 Å². The van der Waals surface area contributed by atoms with Gasteiger partial charge in [-0.1, -0.05) is 6.92 Å². The van der Waals surface area contributed by atoms with Crippen LogP contribution in [0.15, 0.2) is 24.7 Å². The molecule has 34 heavy (non-hydrogen) atoms. The molecule has 0 aliphatic heterocycles. The molecule has 6 nitrogen and oxygen atoms in total. The van der Waals surface area contributed by atoms with Crippen molar-refractivity contribution in [2.24, 2.45) is 46.8 Å². The van der Waals surface area contributed by atoms with Crippen molar-refractivity contribution in [3.63, 3.8) is 0 Å². The quantitative estimate of drug-likeness (QED) is 0.733. The number of hydrogen-bond donors (Lipinski definition) is 1. The van der Waals surface area contributed by atoms with E-state index in [4.69, 9.17) is 4.74 Å². The Balaban J connectivity index is 1.08. The zero-order chi connectivity index (χ0) is 23.2. The molecule has 0 aromatic carbocycles. The molecule has 5 saturated carbocycles. The second-order valence-corrected chi connectivity index (χ2v) is 12.5. The van der Waals surface area contributed by atoms with Gasteiger partial charge in [-0.2, -0.15) is 5.10 Å². The maximum absolute atomic E-state index is 13.6. The molecule has 10 atom stereocenters. The molecular formula is C28H37N3O3. The van der Waals surface area contributed by atoms with E-state index in [9.17, 15) is 9.90 Å². The number of aliphatic hydroxyl groups is 1. The molecule has 182 valence electrons. The third kappa shape index (κ3) is 2.84. The standard InChI is InChI=1S/C28H37N3O3/c1-27-10-7-17-18-8-11-28(33)25(26(28)34-2)20(18)4-3-19(17)21(27)5-6-22(27)24(32)15-31-14-16-9-12-29-13-23(16)30-31/h9,12-14,17-22,25-26,33H,3-8,10-11,15H2,1-2H3/t17-,18-,19-,20-,21+,22-,25?,26?,27+,28-/m1/s1. The Bertz CT molecular complexity index is 1100. The van der Waals surface area contributed by atoms with Gasteiger partial charge < -0.3 is 9.84 Å². The number of rotatable bonds is 4. The average Bonchev–Trinajstić information content (AvgIpc) is 3.08. The summed E-state index contributed by atoms with van der Waals surface area (Å²) in [5.74, 6) is 4.45. The molecule has 0 amide bonds. The molecule has 7 rings (SSSR count). The molecule has 5 fully saturated rings. The number of methoxy groups -OCH3 is 1. The molecule has 2 unspecified atom stereocenters. The maximum atomic E-state index is 13.6. The molecule has 0 spiro atoms. The van der Waals surface area contributed by atoms with E-state index < -0.39 is 5.60 Å². The van der Waals surface area contributed by atoms with Gasteiger partial charge in [0.25, 0.3) is 0 Å². The van der Waals surface area contributed by atoms with Gasteiger partial charge in [0, 0.05) is 36.7 Å². The van der Waals surface area contributed by atoms with Crippen molar-refractivity contribution in [3.8, 4) is 0 Å². The van der Waals surface area contributed by atoms with Gasteiger partial charge in [-0.05, 0) is 92.4 Å². The van der Waals surface area contributed by atoms with Crippen LogP contribution in [0.3, 0.4) is 0 Å². The number of pyridine rings is 1. The maximum Gasteiger partial charge on any atom is 0.157 e. The second kappa shape index (κ2) is 7.36. The van der Waals surface area contributed by atoms with Crippen molar-refractivity contribution in [2.75, 3.05) is 7.11 Å². The summed E-state index contributed by atoms with van der Waals surface area (Å²) in [6, 6.07) is 1.95. The largest absolute Gasteiger partial charge is 0.387 e. The van der Waals surface area contributed by atoms with Gasteiger partial charge in [0.1, 0.15) is 5.52 Å². The van der Waals surface area contributed by atoms with E-state index in [1.54, 1.807) is 19.5 Å². The van der Waals surface area contributed by atoms with Crippen molar-refractivity contribution < 1.29 is 14.6 Å². The summed E-state index contributed by atoms with van der Waals surface area (Å²) in [4.78, 5) is 17.7. The van der Waals surface area contributed by atoms with Gasteiger partial charge in [0.2, 0.25) is 0 Å². The van der Waals surface area contributed by atoms with Crippen molar-refractivity contribution in [2.45, 2.75) is 76.5 Å². The molecule has 1 N–H and O–H groups in total. The highest BCUT2D eigenvalue weighted by Gasteiger charge is 2.72. The van der Waals surface area contributed by atoms with Crippen LogP contribution in [0.1, 0.15) is 58.3 Å². The average molecular weight is 464 g/mol. The lowest BCUT2D eigenvalue weighted by Crippen LogP contribution is -2.50. The minimum atomic E-state index is -0.538.